The number of aromatic nitrogens is 2. The number of anilines is 1. The molecule has 2 aromatic rings. The number of sulfone groups is 1. The third-order valence-electron chi connectivity index (χ3n) is 2.97. The first-order chi connectivity index (χ1) is 9.90. The van der Waals surface area contributed by atoms with Gasteiger partial charge in [0, 0.05) is 22.7 Å². The second kappa shape index (κ2) is 5.92. The van der Waals surface area contributed by atoms with Crippen LogP contribution in [-0.2, 0) is 14.6 Å². The second-order valence-electron chi connectivity index (χ2n) is 4.47. The largest absolute Gasteiger partial charge is 0.305 e. The highest BCUT2D eigenvalue weighted by Gasteiger charge is 2.11. The van der Waals surface area contributed by atoms with Gasteiger partial charge in [0.25, 0.3) is 0 Å². The number of carbonyl (C=O) groups excluding carboxylic acids is 1. The molecule has 0 unspecified atom stereocenters. The summed E-state index contributed by atoms with van der Waals surface area (Å²) in [6.07, 6.45) is 0.978. The lowest BCUT2D eigenvalue weighted by Crippen LogP contribution is -2.10. The van der Waals surface area contributed by atoms with Crippen LogP contribution in [0.25, 0.3) is 0 Å². The van der Waals surface area contributed by atoms with Gasteiger partial charge in [-0.2, -0.15) is 5.10 Å². The number of hydrogen-bond donors (Lipinski definition) is 2. The molecule has 2 N–H and O–H groups in total. The van der Waals surface area contributed by atoms with Gasteiger partial charge in [0.15, 0.2) is 15.7 Å². The molecular formula is C14H15N3O3S. The Morgan fingerprint density at radius 2 is 1.90 bits per heavy atom. The van der Waals surface area contributed by atoms with Gasteiger partial charge in [-0.3, -0.25) is 9.89 Å². The van der Waals surface area contributed by atoms with Gasteiger partial charge < -0.3 is 5.32 Å². The van der Waals surface area contributed by atoms with Gasteiger partial charge in [0.2, 0.25) is 5.91 Å². The second-order valence-corrected chi connectivity index (χ2v) is 6.31. The smallest absolute Gasteiger partial charge is 0.250 e. The van der Waals surface area contributed by atoms with E-state index in [1.807, 2.05) is 6.92 Å². The van der Waals surface area contributed by atoms with Crippen molar-refractivity contribution in [3.8, 4) is 0 Å². The summed E-state index contributed by atoms with van der Waals surface area (Å²) in [7, 11) is -3.62. The molecule has 0 aliphatic heterocycles. The molecule has 0 atom stereocenters. The number of rotatable bonds is 4. The van der Waals surface area contributed by atoms with Gasteiger partial charge >= 0.3 is 0 Å². The third kappa shape index (κ3) is 3.57. The van der Waals surface area contributed by atoms with E-state index in [0.717, 1.165) is 22.7 Å². The van der Waals surface area contributed by atoms with Crippen LogP contribution in [0.15, 0.2) is 46.7 Å². The van der Waals surface area contributed by atoms with Crippen LogP contribution in [0, 0.1) is 13.8 Å². The number of amides is 1. The predicted octanol–water partition coefficient (Wildman–Crippen LogP) is 1.95. The Labute approximate surface area is 122 Å². The SMILES string of the molecule is Cc1[nH]nc(NC(=O)/C=C/S(=O)(=O)c2ccccc2)c1C. The molecule has 21 heavy (non-hydrogen) atoms. The average molecular weight is 305 g/mol. The summed E-state index contributed by atoms with van der Waals surface area (Å²) in [5.41, 5.74) is 1.65. The zero-order valence-corrected chi connectivity index (χ0v) is 12.4. The molecule has 0 spiro atoms. The van der Waals surface area contributed by atoms with Gasteiger partial charge in [-0.05, 0) is 26.0 Å². The van der Waals surface area contributed by atoms with E-state index in [9.17, 15) is 13.2 Å². The summed E-state index contributed by atoms with van der Waals surface area (Å²) >= 11 is 0. The highest BCUT2D eigenvalue weighted by molar-refractivity contribution is 7.94. The van der Waals surface area contributed by atoms with Crippen LogP contribution in [-0.4, -0.2) is 24.5 Å². The molecule has 0 bridgehead atoms. The van der Waals surface area contributed by atoms with E-state index in [4.69, 9.17) is 0 Å². The van der Waals surface area contributed by atoms with Gasteiger partial charge in [-0.15, -0.1) is 0 Å². The first-order valence-electron chi connectivity index (χ1n) is 6.21. The first kappa shape index (κ1) is 15.0. The van der Waals surface area contributed by atoms with Crippen LogP contribution >= 0.6 is 0 Å². The van der Waals surface area contributed by atoms with Crippen LogP contribution in [0.2, 0.25) is 0 Å². The highest BCUT2D eigenvalue weighted by Crippen LogP contribution is 2.14. The summed E-state index contributed by atoms with van der Waals surface area (Å²) in [6, 6.07) is 7.91. The van der Waals surface area contributed by atoms with E-state index < -0.39 is 15.7 Å². The van der Waals surface area contributed by atoms with E-state index in [0.29, 0.717) is 5.82 Å². The van der Waals surface area contributed by atoms with E-state index >= 15 is 0 Å². The van der Waals surface area contributed by atoms with E-state index in [2.05, 4.69) is 15.5 Å². The Morgan fingerprint density at radius 1 is 1.24 bits per heavy atom. The van der Waals surface area contributed by atoms with Crippen LogP contribution < -0.4 is 5.32 Å². The number of hydrogen-bond acceptors (Lipinski definition) is 4. The minimum absolute atomic E-state index is 0.140. The molecule has 0 saturated heterocycles. The summed E-state index contributed by atoms with van der Waals surface area (Å²) in [5, 5.41) is 10.1. The molecule has 1 aromatic carbocycles. The van der Waals surface area contributed by atoms with E-state index in [1.165, 1.54) is 12.1 Å². The Kier molecular flexibility index (Phi) is 4.23. The fraction of sp³-hybridized carbons (Fsp3) is 0.143. The molecule has 6 nitrogen and oxygen atoms in total. The zero-order valence-electron chi connectivity index (χ0n) is 11.6. The minimum atomic E-state index is -3.62. The summed E-state index contributed by atoms with van der Waals surface area (Å²) in [6.45, 7) is 3.63. The zero-order chi connectivity index (χ0) is 15.5. The Hall–Kier alpha value is -2.41. The highest BCUT2D eigenvalue weighted by atomic mass is 32.2. The van der Waals surface area contributed by atoms with Gasteiger partial charge in [-0.25, -0.2) is 8.42 Å². The average Bonchev–Trinajstić information content (AvgIpc) is 2.78. The van der Waals surface area contributed by atoms with Gasteiger partial charge in [-0.1, -0.05) is 18.2 Å². The predicted molar refractivity (Wildman–Crippen MR) is 79.5 cm³/mol. The van der Waals surface area contributed by atoms with Crippen molar-refractivity contribution < 1.29 is 13.2 Å². The number of aromatic amines is 1. The Bertz CT molecular complexity index is 777. The first-order valence-corrected chi connectivity index (χ1v) is 7.75. The number of carbonyl (C=O) groups is 1. The summed E-state index contributed by atoms with van der Waals surface area (Å²) in [5.74, 6) is -0.164. The Balaban J connectivity index is 2.11. The van der Waals surface area contributed by atoms with Crippen LogP contribution in [0.3, 0.4) is 0 Å². The van der Waals surface area contributed by atoms with Crippen molar-refractivity contribution in [3.05, 3.63) is 53.1 Å². The van der Waals surface area contributed by atoms with Crippen LogP contribution in [0.4, 0.5) is 5.82 Å². The van der Waals surface area contributed by atoms with Crippen molar-refractivity contribution in [1.82, 2.24) is 10.2 Å². The number of H-pyrrole nitrogens is 1. The van der Waals surface area contributed by atoms with Crippen LogP contribution in [0.1, 0.15) is 11.3 Å². The number of aryl methyl sites for hydroxylation is 1. The Morgan fingerprint density at radius 3 is 2.48 bits per heavy atom. The van der Waals surface area contributed by atoms with E-state index in [1.54, 1.807) is 25.1 Å². The summed E-state index contributed by atoms with van der Waals surface area (Å²) in [4.78, 5) is 11.9. The van der Waals surface area contributed by atoms with Crippen molar-refractivity contribution in [1.29, 1.82) is 0 Å². The van der Waals surface area contributed by atoms with Crippen molar-refractivity contribution in [2.75, 3.05) is 5.32 Å². The van der Waals surface area contributed by atoms with Gasteiger partial charge in [0.05, 0.1) is 4.90 Å². The molecule has 0 aliphatic rings. The normalized spacial score (nSPS) is 11.7. The topological polar surface area (TPSA) is 91.9 Å². The lowest BCUT2D eigenvalue weighted by atomic mass is 10.3. The molecule has 2 rings (SSSR count). The summed E-state index contributed by atoms with van der Waals surface area (Å²) < 4.78 is 23.9. The molecule has 1 amide bonds. The minimum Gasteiger partial charge on any atom is -0.305 e. The van der Waals surface area contributed by atoms with Crippen LogP contribution in [0.5, 0.6) is 0 Å². The maximum absolute atomic E-state index is 12.0. The molecular weight excluding hydrogens is 290 g/mol. The third-order valence-corrected chi connectivity index (χ3v) is 4.39. The standard InChI is InChI=1S/C14H15N3O3S/c1-10-11(2)16-17-14(10)15-13(18)8-9-21(19,20)12-6-4-3-5-7-12/h3-9H,1-2H3,(H2,15,16,17,18)/b9-8+. The molecule has 7 heteroatoms. The van der Waals surface area contributed by atoms with Crippen molar-refractivity contribution in [2.24, 2.45) is 0 Å². The molecule has 1 heterocycles. The van der Waals surface area contributed by atoms with Crippen molar-refractivity contribution >= 4 is 21.6 Å². The fourth-order valence-corrected chi connectivity index (χ4v) is 2.60. The molecule has 0 saturated carbocycles. The maximum atomic E-state index is 12.0. The maximum Gasteiger partial charge on any atom is 0.250 e. The molecule has 0 radical (unpaired) electrons. The monoisotopic (exact) mass is 305 g/mol. The van der Waals surface area contributed by atoms with E-state index in [-0.39, 0.29) is 4.90 Å². The number of benzene rings is 1. The quantitative estimate of drug-likeness (QED) is 0.845. The molecule has 1 aromatic heterocycles. The molecule has 0 aliphatic carbocycles. The van der Waals surface area contributed by atoms with Crippen molar-refractivity contribution in [2.45, 2.75) is 18.7 Å². The molecule has 0 fully saturated rings. The number of nitrogens with zero attached hydrogens (tertiary/aromatic N) is 1. The fourth-order valence-electron chi connectivity index (χ4n) is 1.61. The lowest BCUT2D eigenvalue weighted by molar-refractivity contribution is -0.111. The van der Waals surface area contributed by atoms with Gasteiger partial charge in [0.1, 0.15) is 0 Å². The molecule has 110 valence electrons. The van der Waals surface area contributed by atoms with Crippen molar-refractivity contribution in [3.63, 3.8) is 0 Å². The number of nitrogens with one attached hydrogen (secondary N) is 2. The lowest BCUT2D eigenvalue weighted by Gasteiger charge is -2.00.